The Morgan fingerprint density at radius 1 is 1.15 bits per heavy atom. The van der Waals surface area contributed by atoms with E-state index in [-0.39, 0.29) is 22.8 Å². The van der Waals surface area contributed by atoms with Crippen molar-refractivity contribution in [1.82, 2.24) is 0 Å². The van der Waals surface area contributed by atoms with E-state index in [0.717, 1.165) is 31.4 Å². The Morgan fingerprint density at radius 2 is 1.88 bits per heavy atom. The minimum atomic E-state index is -1.89. The van der Waals surface area contributed by atoms with Gasteiger partial charge >= 0.3 is 5.97 Å². The van der Waals surface area contributed by atoms with E-state index in [9.17, 15) is 4.79 Å². The summed E-state index contributed by atoms with van der Waals surface area (Å²) in [4.78, 5) is 12.8. The molecule has 0 aromatic heterocycles. The Morgan fingerprint density at radius 3 is 2.62 bits per heavy atom. The molecule has 3 unspecified atom stereocenters. The molecule has 0 bridgehead atoms. The van der Waals surface area contributed by atoms with Crippen molar-refractivity contribution in [1.29, 1.82) is 0 Å². The van der Waals surface area contributed by atoms with E-state index in [4.69, 9.17) is 9.16 Å². The summed E-state index contributed by atoms with van der Waals surface area (Å²) in [5.41, 5.74) is 2.59. The zero-order valence-electron chi connectivity index (χ0n) is 16.6. The highest BCUT2D eigenvalue weighted by molar-refractivity contribution is 6.74. The van der Waals surface area contributed by atoms with Crippen molar-refractivity contribution in [3.05, 3.63) is 41.2 Å². The lowest BCUT2D eigenvalue weighted by Crippen LogP contribution is -2.44. The van der Waals surface area contributed by atoms with Crippen LogP contribution in [0, 0.1) is 11.8 Å². The predicted molar refractivity (Wildman–Crippen MR) is 106 cm³/mol. The molecule has 0 N–H and O–H groups in total. The third-order valence-corrected chi connectivity index (χ3v) is 11.4. The van der Waals surface area contributed by atoms with Gasteiger partial charge < -0.3 is 9.16 Å². The number of ether oxygens (including phenoxy) is 1. The maximum absolute atomic E-state index is 12.8. The number of rotatable bonds is 2. The summed E-state index contributed by atoms with van der Waals surface area (Å²) in [7, 11) is -1.89. The number of fused-ring (bicyclic) bond motifs is 5. The summed E-state index contributed by atoms with van der Waals surface area (Å²) in [6.45, 7) is 11.5. The molecule has 4 heteroatoms. The molecule has 1 saturated carbocycles. The molecule has 0 spiro atoms. The highest BCUT2D eigenvalue weighted by Crippen LogP contribution is 2.55. The van der Waals surface area contributed by atoms with Crippen LogP contribution in [0.4, 0.5) is 0 Å². The van der Waals surface area contributed by atoms with Gasteiger partial charge in [-0.05, 0) is 60.5 Å². The van der Waals surface area contributed by atoms with Gasteiger partial charge in [0.1, 0.15) is 5.75 Å². The van der Waals surface area contributed by atoms with Gasteiger partial charge in [-0.15, -0.1) is 0 Å². The number of allylic oxidation sites excluding steroid dienone is 2. The Balaban J connectivity index is 1.75. The average molecular weight is 371 g/mol. The van der Waals surface area contributed by atoms with Crippen LogP contribution < -0.4 is 4.74 Å². The number of hydrogen-bond acceptors (Lipinski definition) is 3. The molecule has 26 heavy (non-hydrogen) atoms. The number of esters is 1. The van der Waals surface area contributed by atoms with E-state index in [2.05, 4.69) is 46.0 Å². The second-order valence-electron chi connectivity index (χ2n) is 9.60. The standard InChI is InChI=1S/C22H30O3Si/c1-22(2,3)26(4,5)25-19-13-17-15-9-6-7-12-18(15)24-21(23)20(17)16-11-8-10-14(16)19/h6-7,9,12,16-17,20H,8,10-11,13H2,1-5H3. The Hall–Kier alpha value is -1.55. The second kappa shape index (κ2) is 5.98. The molecule has 4 rings (SSSR count). The van der Waals surface area contributed by atoms with Gasteiger partial charge in [-0.1, -0.05) is 39.0 Å². The van der Waals surface area contributed by atoms with Crippen LogP contribution in [0.15, 0.2) is 35.6 Å². The monoisotopic (exact) mass is 370 g/mol. The molecule has 1 aliphatic heterocycles. The molecular weight excluding hydrogens is 340 g/mol. The van der Waals surface area contributed by atoms with Gasteiger partial charge in [-0.2, -0.15) is 0 Å². The van der Waals surface area contributed by atoms with Gasteiger partial charge in [0.25, 0.3) is 0 Å². The van der Waals surface area contributed by atoms with E-state index in [1.54, 1.807) is 0 Å². The SMILES string of the molecule is CC(C)(C)[Si](C)(C)OC1=C2CCCC2C2C(=O)Oc3ccccc3C2C1. The van der Waals surface area contributed by atoms with Gasteiger partial charge in [0.15, 0.2) is 0 Å². The van der Waals surface area contributed by atoms with Crippen molar-refractivity contribution >= 4 is 14.3 Å². The third kappa shape index (κ3) is 2.73. The molecule has 140 valence electrons. The normalized spacial score (nSPS) is 28.2. The number of carbonyl (C=O) groups excluding carboxylic acids is 1. The zero-order chi connectivity index (χ0) is 18.7. The second-order valence-corrected chi connectivity index (χ2v) is 14.3. The maximum atomic E-state index is 12.8. The number of hydrogen-bond donors (Lipinski definition) is 0. The summed E-state index contributed by atoms with van der Waals surface area (Å²) in [5.74, 6) is 2.36. The number of benzene rings is 1. The van der Waals surface area contributed by atoms with Crippen LogP contribution in [0.1, 0.15) is 57.9 Å². The summed E-state index contributed by atoms with van der Waals surface area (Å²) in [6.07, 6.45) is 4.16. The summed E-state index contributed by atoms with van der Waals surface area (Å²) >= 11 is 0. The summed E-state index contributed by atoms with van der Waals surface area (Å²) in [5, 5.41) is 0.176. The van der Waals surface area contributed by atoms with Crippen molar-refractivity contribution in [3.8, 4) is 5.75 Å². The first-order chi connectivity index (χ1) is 12.2. The lowest BCUT2D eigenvalue weighted by molar-refractivity contribution is -0.143. The molecule has 3 atom stereocenters. The summed E-state index contributed by atoms with van der Waals surface area (Å²) in [6, 6.07) is 8.05. The molecule has 1 aromatic carbocycles. The van der Waals surface area contributed by atoms with Gasteiger partial charge in [0, 0.05) is 12.3 Å². The Bertz CT molecular complexity index is 772. The third-order valence-electron chi connectivity index (χ3n) is 7.03. The van der Waals surface area contributed by atoms with Crippen LogP contribution in [-0.2, 0) is 9.22 Å². The quantitative estimate of drug-likeness (QED) is 0.376. The van der Waals surface area contributed by atoms with Crippen LogP contribution in [0.3, 0.4) is 0 Å². The van der Waals surface area contributed by atoms with Crippen molar-refractivity contribution in [2.24, 2.45) is 11.8 Å². The van der Waals surface area contributed by atoms with Crippen molar-refractivity contribution < 1.29 is 14.0 Å². The van der Waals surface area contributed by atoms with Crippen molar-refractivity contribution in [3.63, 3.8) is 0 Å². The van der Waals surface area contributed by atoms with Crippen molar-refractivity contribution in [2.45, 2.75) is 70.5 Å². The average Bonchev–Trinajstić information content (AvgIpc) is 3.03. The number of carbonyl (C=O) groups is 1. The van der Waals surface area contributed by atoms with Crippen molar-refractivity contribution in [2.75, 3.05) is 0 Å². The highest BCUT2D eigenvalue weighted by Gasteiger charge is 2.50. The van der Waals surface area contributed by atoms with Crippen LogP contribution in [0.5, 0.6) is 5.75 Å². The van der Waals surface area contributed by atoms with Gasteiger partial charge in [0.2, 0.25) is 8.32 Å². The van der Waals surface area contributed by atoms with Crippen LogP contribution >= 0.6 is 0 Å². The first kappa shape index (κ1) is 17.8. The van der Waals surface area contributed by atoms with E-state index in [1.165, 1.54) is 16.9 Å². The zero-order valence-corrected chi connectivity index (χ0v) is 17.6. The first-order valence-electron chi connectivity index (χ1n) is 9.90. The molecule has 2 aliphatic carbocycles. The lowest BCUT2D eigenvalue weighted by Gasteiger charge is -2.44. The van der Waals surface area contributed by atoms with E-state index in [0.29, 0.717) is 5.92 Å². The lowest BCUT2D eigenvalue weighted by atomic mass is 9.68. The minimum Gasteiger partial charge on any atom is -0.547 e. The topological polar surface area (TPSA) is 35.5 Å². The molecule has 3 aliphatic rings. The van der Waals surface area contributed by atoms with E-state index >= 15 is 0 Å². The first-order valence-corrected chi connectivity index (χ1v) is 12.8. The Labute approximate surface area is 157 Å². The largest absolute Gasteiger partial charge is 0.547 e. The fourth-order valence-electron chi connectivity index (χ4n) is 4.61. The minimum absolute atomic E-state index is 0.0332. The molecular formula is C22H30O3Si. The molecule has 0 amide bonds. The summed E-state index contributed by atoms with van der Waals surface area (Å²) < 4.78 is 12.5. The number of para-hydroxylation sites is 1. The molecule has 3 nitrogen and oxygen atoms in total. The van der Waals surface area contributed by atoms with Crippen LogP contribution in [0.25, 0.3) is 0 Å². The van der Waals surface area contributed by atoms with E-state index < -0.39 is 8.32 Å². The van der Waals surface area contributed by atoms with Gasteiger partial charge in [-0.3, -0.25) is 4.79 Å². The smallest absolute Gasteiger partial charge is 0.315 e. The molecule has 1 aromatic rings. The van der Waals surface area contributed by atoms with Gasteiger partial charge in [-0.25, -0.2) is 0 Å². The highest BCUT2D eigenvalue weighted by atomic mass is 28.4. The fraction of sp³-hybridized carbons (Fsp3) is 0.591. The Kier molecular flexibility index (Phi) is 4.10. The van der Waals surface area contributed by atoms with E-state index in [1.807, 2.05) is 12.1 Å². The van der Waals surface area contributed by atoms with Gasteiger partial charge in [0.05, 0.1) is 11.7 Å². The molecule has 1 fully saturated rings. The fourth-order valence-corrected chi connectivity index (χ4v) is 5.75. The molecule has 0 saturated heterocycles. The van der Waals surface area contributed by atoms with Crippen LogP contribution in [-0.4, -0.2) is 14.3 Å². The predicted octanol–water partition coefficient (Wildman–Crippen LogP) is 5.79. The molecule has 0 radical (unpaired) electrons. The molecule has 1 heterocycles. The van der Waals surface area contributed by atoms with Crippen LogP contribution in [0.2, 0.25) is 18.1 Å². The maximum Gasteiger partial charge on any atom is 0.315 e.